The highest BCUT2D eigenvalue weighted by atomic mass is 16.6. The zero-order valence-electron chi connectivity index (χ0n) is 52.4. The Kier molecular flexibility index (Phi) is 63.1. The first-order valence-electron chi connectivity index (χ1n) is 32.2. The largest absolute Gasteiger partial charge is 0.462 e. The van der Waals surface area contributed by atoms with Crippen LogP contribution in [0, 0.1) is 0 Å². The SMILES string of the molecule is CC/C=C\C/C=C\C/C=C\C/C=C\C/C=C\C/C=C\C/C=C\CCCCCC(=O)OCC(COC(=O)C/C=C\C/C=C\C/C=C\C/C=C\C/C=C\CC)OC(=O)CCCCCCCC/C=C\C/C=C\C/C=C\C/C=C\C/C=C\C/C=C\CC. The van der Waals surface area contributed by atoms with Crippen LogP contribution in [0.1, 0.15) is 226 Å². The summed E-state index contributed by atoms with van der Waals surface area (Å²) in [6.07, 6.45) is 107. The summed E-state index contributed by atoms with van der Waals surface area (Å²) >= 11 is 0. The Morgan fingerprint density at radius 2 is 0.482 bits per heavy atom. The average molecular weight is 1140 g/mol. The maximum Gasteiger partial charge on any atom is 0.309 e. The molecule has 83 heavy (non-hydrogen) atoms. The fourth-order valence-corrected chi connectivity index (χ4v) is 7.79. The van der Waals surface area contributed by atoms with Gasteiger partial charge in [-0.2, -0.15) is 0 Å². The number of unbranched alkanes of at least 4 members (excludes halogenated alkanes) is 9. The molecule has 0 radical (unpaired) electrons. The van der Waals surface area contributed by atoms with Gasteiger partial charge < -0.3 is 14.2 Å². The second-order valence-corrected chi connectivity index (χ2v) is 20.2. The predicted molar refractivity (Wildman–Crippen MR) is 361 cm³/mol. The number of carbonyl (C=O) groups is 3. The molecule has 458 valence electrons. The fraction of sp³-hybridized carbons (Fsp3) is 0.494. The lowest BCUT2D eigenvalue weighted by Crippen LogP contribution is -2.30. The van der Waals surface area contributed by atoms with Gasteiger partial charge >= 0.3 is 17.9 Å². The standard InChI is InChI=1S/C77H114O6/c1-4-7-10-13-16-19-22-25-28-30-32-34-36-38-40-42-44-46-49-52-55-58-61-64-67-70-76(79)82-73-74(72-81-75(78)69-66-63-60-57-54-51-48-27-24-21-18-15-12-9-6-3)83-77(80)71-68-65-62-59-56-53-50-47-45-43-41-39-37-35-33-31-29-26-23-20-17-14-11-8-5-2/h7-12,16-21,25-29,32-35,38-41,44-48,52,54-55,57,63,66,74H,4-6,13-15,22-24,30-31,36-37,42-43,49-51,53,56,58-62,64-65,67-73H2,1-3H3/b10-7-,11-8-,12-9-,19-16-,20-17-,21-18-,28-25-,29-26-,34-32-,35-33-,40-38-,41-39-,46-44-,47-45-,48-27-,55-52-,57-54-,66-63-. The van der Waals surface area contributed by atoms with E-state index in [1.54, 1.807) is 6.08 Å². The van der Waals surface area contributed by atoms with Gasteiger partial charge in [-0.05, 0) is 154 Å². The molecule has 1 atom stereocenters. The van der Waals surface area contributed by atoms with Crippen molar-refractivity contribution >= 4 is 17.9 Å². The zero-order valence-corrected chi connectivity index (χ0v) is 52.4. The summed E-state index contributed by atoms with van der Waals surface area (Å²) in [6.45, 7) is 6.15. The van der Waals surface area contributed by atoms with E-state index in [0.29, 0.717) is 6.42 Å². The molecule has 0 heterocycles. The number of carbonyl (C=O) groups excluding carboxylic acids is 3. The van der Waals surface area contributed by atoms with E-state index in [-0.39, 0.29) is 44.4 Å². The summed E-state index contributed by atoms with van der Waals surface area (Å²) in [5.41, 5.74) is 0. The highest BCUT2D eigenvalue weighted by Gasteiger charge is 2.19. The summed E-state index contributed by atoms with van der Waals surface area (Å²) in [4.78, 5) is 38.3. The van der Waals surface area contributed by atoms with Gasteiger partial charge in [0, 0.05) is 12.8 Å². The van der Waals surface area contributed by atoms with Gasteiger partial charge in [0.2, 0.25) is 0 Å². The topological polar surface area (TPSA) is 78.9 Å². The summed E-state index contributed by atoms with van der Waals surface area (Å²) in [5.74, 6) is -1.14. The highest BCUT2D eigenvalue weighted by Crippen LogP contribution is 2.12. The van der Waals surface area contributed by atoms with Gasteiger partial charge in [0.25, 0.3) is 0 Å². The molecule has 1 unspecified atom stereocenters. The molecule has 0 N–H and O–H groups in total. The van der Waals surface area contributed by atoms with Crippen LogP contribution in [0.25, 0.3) is 0 Å². The van der Waals surface area contributed by atoms with E-state index in [1.807, 2.05) is 6.08 Å². The van der Waals surface area contributed by atoms with Gasteiger partial charge in [0.05, 0.1) is 6.42 Å². The Morgan fingerprint density at radius 3 is 0.795 bits per heavy atom. The minimum atomic E-state index is -0.857. The maximum atomic E-state index is 12.9. The molecule has 0 aromatic rings. The molecule has 0 saturated heterocycles. The van der Waals surface area contributed by atoms with Crippen LogP contribution >= 0.6 is 0 Å². The van der Waals surface area contributed by atoms with Crippen molar-refractivity contribution in [3.05, 3.63) is 219 Å². The molecule has 6 heteroatoms. The first kappa shape index (κ1) is 76.7. The third kappa shape index (κ3) is 66.4. The van der Waals surface area contributed by atoms with Crippen LogP contribution in [0.15, 0.2) is 219 Å². The molecule has 0 aromatic carbocycles. The minimum absolute atomic E-state index is 0.104. The van der Waals surface area contributed by atoms with E-state index in [1.165, 1.54) is 0 Å². The smallest absolute Gasteiger partial charge is 0.309 e. The van der Waals surface area contributed by atoms with Crippen LogP contribution in [0.4, 0.5) is 0 Å². The van der Waals surface area contributed by atoms with Gasteiger partial charge in [0.15, 0.2) is 6.10 Å². The number of hydrogen-bond donors (Lipinski definition) is 0. The number of rotatable bonds is 55. The zero-order chi connectivity index (χ0) is 59.9. The number of esters is 3. The van der Waals surface area contributed by atoms with Crippen LogP contribution in [0.2, 0.25) is 0 Å². The number of hydrogen-bond acceptors (Lipinski definition) is 6. The Labute approximate surface area is 508 Å². The second kappa shape index (κ2) is 68.2. The average Bonchev–Trinajstić information content (AvgIpc) is 3.49. The summed E-state index contributed by atoms with van der Waals surface area (Å²) < 4.78 is 16.8. The van der Waals surface area contributed by atoms with E-state index in [9.17, 15) is 14.4 Å². The molecule has 0 spiro atoms. The van der Waals surface area contributed by atoms with Gasteiger partial charge in [-0.25, -0.2) is 0 Å². The summed E-state index contributed by atoms with van der Waals surface area (Å²) in [7, 11) is 0. The summed E-state index contributed by atoms with van der Waals surface area (Å²) in [5, 5.41) is 0. The Bertz CT molecular complexity index is 2080. The molecule has 0 bridgehead atoms. The summed E-state index contributed by atoms with van der Waals surface area (Å²) in [6, 6.07) is 0. The molecule has 0 aromatic heterocycles. The van der Waals surface area contributed by atoms with E-state index in [0.717, 1.165) is 180 Å². The Morgan fingerprint density at radius 1 is 0.253 bits per heavy atom. The van der Waals surface area contributed by atoms with Crippen LogP contribution in [-0.2, 0) is 28.6 Å². The molecular weight excluding hydrogens is 1020 g/mol. The molecule has 0 fully saturated rings. The van der Waals surface area contributed by atoms with E-state index in [4.69, 9.17) is 14.2 Å². The quantitative estimate of drug-likeness (QED) is 0.0261. The maximum absolute atomic E-state index is 12.9. The molecule has 0 aliphatic carbocycles. The van der Waals surface area contributed by atoms with Crippen LogP contribution in [0.3, 0.4) is 0 Å². The lowest BCUT2D eigenvalue weighted by Gasteiger charge is -2.18. The Hall–Kier alpha value is -6.27. The molecule has 0 rings (SSSR count). The van der Waals surface area contributed by atoms with Crippen LogP contribution < -0.4 is 0 Å². The minimum Gasteiger partial charge on any atom is -0.462 e. The van der Waals surface area contributed by atoms with Gasteiger partial charge in [-0.15, -0.1) is 0 Å². The predicted octanol–water partition coefficient (Wildman–Crippen LogP) is 22.5. The molecule has 0 aliphatic heterocycles. The monoisotopic (exact) mass is 1130 g/mol. The van der Waals surface area contributed by atoms with Crippen molar-refractivity contribution in [3.8, 4) is 0 Å². The van der Waals surface area contributed by atoms with Crippen LogP contribution in [0.5, 0.6) is 0 Å². The van der Waals surface area contributed by atoms with Crippen molar-refractivity contribution in [2.75, 3.05) is 13.2 Å². The van der Waals surface area contributed by atoms with Crippen molar-refractivity contribution in [2.24, 2.45) is 0 Å². The van der Waals surface area contributed by atoms with Gasteiger partial charge in [-0.3, -0.25) is 14.4 Å². The number of allylic oxidation sites excluding steroid dienone is 35. The molecule has 0 amide bonds. The van der Waals surface area contributed by atoms with Crippen molar-refractivity contribution < 1.29 is 28.6 Å². The lowest BCUT2D eigenvalue weighted by molar-refractivity contribution is -0.166. The third-order valence-electron chi connectivity index (χ3n) is 12.5. The normalized spacial score (nSPS) is 13.6. The second-order valence-electron chi connectivity index (χ2n) is 20.2. The van der Waals surface area contributed by atoms with Crippen molar-refractivity contribution in [1.29, 1.82) is 0 Å². The third-order valence-corrected chi connectivity index (χ3v) is 12.5. The molecule has 0 aliphatic rings. The first-order valence-corrected chi connectivity index (χ1v) is 32.2. The molecular formula is C77H114O6. The van der Waals surface area contributed by atoms with E-state index >= 15 is 0 Å². The Balaban J connectivity index is 4.60. The molecule has 0 saturated carbocycles. The highest BCUT2D eigenvalue weighted by molar-refractivity contribution is 5.72. The first-order chi connectivity index (χ1) is 41.0. The molecule has 6 nitrogen and oxygen atoms in total. The van der Waals surface area contributed by atoms with Gasteiger partial charge in [-0.1, -0.05) is 272 Å². The van der Waals surface area contributed by atoms with Crippen molar-refractivity contribution in [1.82, 2.24) is 0 Å². The van der Waals surface area contributed by atoms with Crippen molar-refractivity contribution in [2.45, 2.75) is 232 Å². The fourth-order valence-electron chi connectivity index (χ4n) is 7.79. The van der Waals surface area contributed by atoms with Gasteiger partial charge in [0.1, 0.15) is 13.2 Å². The van der Waals surface area contributed by atoms with Crippen molar-refractivity contribution in [3.63, 3.8) is 0 Å². The lowest BCUT2D eigenvalue weighted by atomic mass is 10.1. The van der Waals surface area contributed by atoms with E-state index in [2.05, 4.69) is 227 Å². The number of ether oxygens (including phenoxy) is 3. The van der Waals surface area contributed by atoms with E-state index < -0.39 is 12.1 Å². The van der Waals surface area contributed by atoms with Crippen LogP contribution in [-0.4, -0.2) is 37.2 Å².